The van der Waals surface area contributed by atoms with Gasteiger partial charge < -0.3 is 24.4 Å². The predicted molar refractivity (Wildman–Crippen MR) is 134 cm³/mol. The van der Waals surface area contributed by atoms with Crippen molar-refractivity contribution in [1.82, 2.24) is 4.90 Å². The zero-order chi connectivity index (χ0) is 25.4. The number of aliphatic hydroxyl groups excluding tert-OH is 1. The fourth-order valence-electron chi connectivity index (χ4n) is 5.43. The first-order chi connectivity index (χ1) is 17.4. The van der Waals surface area contributed by atoms with Gasteiger partial charge in [-0.3, -0.25) is 14.4 Å². The molecule has 2 fully saturated rings. The van der Waals surface area contributed by atoms with E-state index in [2.05, 4.69) is 6.58 Å². The minimum Gasteiger partial charge on any atom is -0.507 e. The van der Waals surface area contributed by atoms with Crippen molar-refractivity contribution in [2.75, 3.05) is 31.2 Å². The first kappa shape index (κ1) is 23.8. The molecule has 0 aromatic heterocycles. The molecule has 186 valence electrons. The Balaban J connectivity index is 1.71. The van der Waals surface area contributed by atoms with Crippen LogP contribution in [0.5, 0.6) is 5.75 Å². The molecule has 8 heteroatoms. The fraction of sp³-hybridized carbons (Fsp3) is 0.321. The number of Topliss-reactive ketones (excluding diaryl/α,β-unsaturated/α-hetero) is 1. The molecule has 2 aromatic carbocycles. The van der Waals surface area contributed by atoms with E-state index in [1.54, 1.807) is 53.4 Å². The Morgan fingerprint density at radius 2 is 1.94 bits per heavy atom. The lowest BCUT2D eigenvalue weighted by molar-refractivity contribution is -0.145. The number of nitrogens with zero attached hydrogens (tertiary/aromatic N) is 2. The number of benzene rings is 2. The lowest BCUT2D eigenvalue weighted by Gasteiger charge is -2.35. The molecule has 5 rings (SSSR count). The van der Waals surface area contributed by atoms with Gasteiger partial charge in [0.2, 0.25) is 0 Å². The van der Waals surface area contributed by atoms with Gasteiger partial charge in [0.15, 0.2) is 5.54 Å². The maximum atomic E-state index is 14.2. The molecule has 2 amide bonds. The third-order valence-corrected chi connectivity index (χ3v) is 7.03. The highest BCUT2D eigenvalue weighted by atomic mass is 16.5. The minimum atomic E-state index is -1.77. The average Bonchev–Trinajstić information content (AvgIpc) is 3.56. The summed E-state index contributed by atoms with van der Waals surface area (Å²) in [6, 6.07) is 13.6. The maximum Gasteiger partial charge on any atom is 0.296 e. The SMILES string of the molecule is C=CCOc1ccc(C(O)=C2C(=O)C(=O)N(C[C@H]3CCCO3)[C@]23C(=O)N(CC)c2ccccc23)cc1. The Morgan fingerprint density at radius 3 is 2.61 bits per heavy atom. The number of aliphatic hydroxyl groups is 1. The van der Waals surface area contributed by atoms with E-state index >= 15 is 0 Å². The molecule has 2 atom stereocenters. The number of likely N-dealkylation sites (N-methyl/N-ethyl adjacent to an activating group) is 1. The van der Waals surface area contributed by atoms with Crippen molar-refractivity contribution in [2.45, 2.75) is 31.4 Å². The summed E-state index contributed by atoms with van der Waals surface area (Å²) < 4.78 is 11.3. The van der Waals surface area contributed by atoms with Crippen LogP contribution in [-0.2, 0) is 24.7 Å². The maximum absolute atomic E-state index is 14.2. The molecule has 1 spiro atoms. The minimum absolute atomic E-state index is 0.0767. The molecular formula is C28H28N2O6. The number of para-hydroxylation sites is 1. The highest BCUT2D eigenvalue weighted by molar-refractivity contribution is 6.50. The number of ether oxygens (including phenoxy) is 2. The van der Waals surface area contributed by atoms with Crippen molar-refractivity contribution in [3.8, 4) is 5.75 Å². The van der Waals surface area contributed by atoms with Crippen molar-refractivity contribution in [1.29, 1.82) is 0 Å². The van der Waals surface area contributed by atoms with Crippen LogP contribution in [-0.4, -0.2) is 60.0 Å². The van der Waals surface area contributed by atoms with E-state index in [1.165, 1.54) is 4.90 Å². The number of carbonyl (C=O) groups excluding carboxylic acids is 3. The van der Waals surface area contributed by atoms with Crippen molar-refractivity contribution >= 4 is 29.0 Å². The number of ketones is 1. The van der Waals surface area contributed by atoms with Gasteiger partial charge in [-0.15, -0.1) is 0 Å². The third kappa shape index (κ3) is 3.44. The number of anilines is 1. The number of likely N-dealkylation sites (tertiary alicyclic amines) is 1. The molecule has 0 unspecified atom stereocenters. The number of hydrogen-bond donors (Lipinski definition) is 1. The second-order valence-corrected chi connectivity index (χ2v) is 9.00. The number of amides is 2. The Hall–Kier alpha value is -3.91. The Kier molecular flexibility index (Phi) is 6.14. The van der Waals surface area contributed by atoms with Gasteiger partial charge in [0.05, 0.1) is 17.4 Å². The highest BCUT2D eigenvalue weighted by Crippen LogP contribution is 2.53. The molecule has 1 N–H and O–H groups in total. The molecule has 0 aliphatic carbocycles. The van der Waals surface area contributed by atoms with Gasteiger partial charge >= 0.3 is 0 Å². The number of carbonyl (C=O) groups is 3. The quantitative estimate of drug-likeness (QED) is 0.278. The Labute approximate surface area is 209 Å². The fourth-order valence-corrected chi connectivity index (χ4v) is 5.43. The molecule has 0 bridgehead atoms. The topological polar surface area (TPSA) is 96.4 Å². The van der Waals surface area contributed by atoms with Gasteiger partial charge in [0.25, 0.3) is 17.6 Å². The first-order valence-electron chi connectivity index (χ1n) is 12.1. The van der Waals surface area contributed by atoms with E-state index in [9.17, 15) is 19.5 Å². The molecular weight excluding hydrogens is 460 g/mol. The van der Waals surface area contributed by atoms with E-state index in [4.69, 9.17) is 9.47 Å². The second kappa shape index (κ2) is 9.28. The molecule has 3 aliphatic heterocycles. The van der Waals surface area contributed by atoms with Crippen molar-refractivity contribution in [2.24, 2.45) is 0 Å². The molecule has 3 heterocycles. The Bertz CT molecular complexity index is 1260. The first-order valence-corrected chi connectivity index (χ1v) is 12.1. The van der Waals surface area contributed by atoms with E-state index in [1.807, 2.05) is 13.0 Å². The van der Waals surface area contributed by atoms with Crippen molar-refractivity contribution < 1.29 is 29.0 Å². The summed E-state index contributed by atoms with van der Waals surface area (Å²) in [7, 11) is 0. The van der Waals surface area contributed by atoms with E-state index in [0.29, 0.717) is 42.3 Å². The summed E-state index contributed by atoms with van der Waals surface area (Å²) in [6.45, 7) is 6.76. The highest BCUT2D eigenvalue weighted by Gasteiger charge is 2.67. The third-order valence-electron chi connectivity index (χ3n) is 7.03. The van der Waals surface area contributed by atoms with Crippen LogP contribution in [0.4, 0.5) is 5.69 Å². The largest absolute Gasteiger partial charge is 0.507 e. The van der Waals surface area contributed by atoms with Crippen molar-refractivity contribution in [3.05, 3.63) is 77.9 Å². The van der Waals surface area contributed by atoms with E-state index < -0.39 is 28.9 Å². The predicted octanol–water partition coefficient (Wildman–Crippen LogP) is 3.37. The van der Waals surface area contributed by atoms with Crippen LogP contribution in [0.15, 0.2) is 66.8 Å². The summed E-state index contributed by atoms with van der Waals surface area (Å²) in [6.07, 6.45) is 2.88. The summed E-state index contributed by atoms with van der Waals surface area (Å²) in [5.41, 5.74) is -0.575. The number of fused-ring (bicyclic) bond motifs is 2. The van der Waals surface area contributed by atoms with E-state index in [-0.39, 0.29) is 18.2 Å². The molecule has 0 radical (unpaired) electrons. The standard InChI is InChI=1S/C28H28N2O6/c1-3-15-35-19-13-11-18(12-14-19)24(31)23-25(32)26(33)30(17-20-8-7-16-36-20)28(23)21-9-5-6-10-22(21)29(4-2)27(28)34/h3,5-6,9-14,20,31H,1,4,7-8,15-17H2,2H3/t20-,28+/m1/s1. The second-order valence-electron chi connectivity index (χ2n) is 9.00. The summed E-state index contributed by atoms with van der Waals surface area (Å²) in [4.78, 5) is 44.1. The van der Waals surface area contributed by atoms with Crippen LogP contribution in [0.2, 0.25) is 0 Å². The summed E-state index contributed by atoms with van der Waals surface area (Å²) in [5.74, 6) is -1.99. The lowest BCUT2D eigenvalue weighted by atomic mass is 9.81. The lowest BCUT2D eigenvalue weighted by Crippen LogP contribution is -2.53. The van der Waals surface area contributed by atoms with Crippen LogP contribution in [0, 0.1) is 0 Å². The van der Waals surface area contributed by atoms with Crippen LogP contribution < -0.4 is 9.64 Å². The van der Waals surface area contributed by atoms with Crippen LogP contribution in [0.3, 0.4) is 0 Å². The average molecular weight is 489 g/mol. The Morgan fingerprint density at radius 1 is 1.19 bits per heavy atom. The normalized spacial score (nSPS) is 24.6. The van der Waals surface area contributed by atoms with Crippen LogP contribution >= 0.6 is 0 Å². The number of hydrogen-bond acceptors (Lipinski definition) is 6. The van der Waals surface area contributed by atoms with Gasteiger partial charge in [-0.05, 0) is 50.1 Å². The molecule has 36 heavy (non-hydrogen) atoms. The summed E-state index contributed by atoms with van der Waals surface area (Å²) in [5, 5.41) is 11.5. The van der Waals surface area contributed by atoms with E-state index in [0.717, 1.165) is 12.8 Å². The monoisotopic (exact) mass is 488 g/mol. The summed E-state index contributed by atoms with van der Waals surface area (Å²) >= 11 is 0. The molecule has 3 aliphatic rings. The van der Waals surface area contributed by atoms with Gasteiger partial charge in [-0.1, -0.05) is 30.9 Å². The molecule has 2 saturated heterocycles. The molecule has 8 nitrogen and oxygen atoms in total. The van der Waals surface area contributed by atoms with Gasteiger partial charge in [0.1, 0.15) is 18.1 Å². The molecule has 2 aromatic rings. The van der Waals surface area contributed by atoms with Gasteiger partial charge in [-0.25, -0.2) is 0 Å². The smallest absolute Gasteiger partial charge is 0.296 e. The van der Waals surface area contributed by atoms with Crippen LogP contribution in [0.1, 0.15) is 30.9 Å². The molecule has 0 saturated carbocycles. The van der Waals surface area contributed by atoms with Crippen LogP contribution in [0.25, 0.3) is 5.76 Å². The van der Waals surface area contributed by atoms with Gasteiger partial charge in [0, 0.05) is 30.8 Å². The van der Waals surface area contributed by atoms with Crippen molar-refractivity contribution in [3.63, 3.8) is 0 Å². The zero-order valence-electron chi connectivity index (χ0n) is 20.1. The zero-order valence-corrected chi connectivity index (χ0v) is 20.1. The van der Waals surface area contributed by atoms with Gasteiger partial charge in [-0.2, -0.15) is 0 Å². The number of rotatable bonds is 7.